The van der Waals surface area contributed by atoms with Gasteiger partial charge in [0.2, 0.25) is 0 Å². The van der Waals surface area contributed by atoms with E-state index in [2.05, 4.69) is 20.5 Å². The van der Waals surface area contributed by atoms with Gasteiger partial charge in [0.1, 0.15) is 10.8 Å². The van der Waals surface area contributed by atoms with Crippen molar-refractivity contribution in [2.24, 2.45) is 5.10 Å². The molecule has 0 aliphatic rings. The van der Waals surface area contributed by atoms with Gasteiger partial charge in [0.05, 0.1) is 29.1 Å². The molecule has 0 fully saturated rings. The van der Waals surface area contributed by atoms with Gasteiger partial charge in [-0.25, -0.2) is 15.4 Å². The van der Waals surface area contributed by atoms with E-state index >= 15 is 0 Å². The number of nitrogens with one attached hydrogen (secondary N) is 1. The quantitative estimate of drug-likeness (QED) is 0.205. The Morgan fingerprint density at radius 1 is 1.26 bits per heavy atom. The molecule has 1 amide bonds. The van der Waals surface area contributed by atoms with E-state index in [0.717, 1.165) is 21.9 Å². The van der Waals surface area contributed by atoms with Crippen LogP contribution in [0.1, 0.15) is 21.6 Å². The van der Waals surface area contributed by atoms with Crippen molar-refractivity contribution in [3.8, 4) is 5.75 Å². The van der Waals surface area contributed by atoms with Crippen LogP contribution in [0.3, 0.4) is 0 Å². The summed E-state index contributed by atoms with van der Waals surface area (Å²) >= 11 is 19.3. The summed E-state index contributed by atoms with van der Waals surface area (Å²) in [6.45, 7) is 0. The van der Waals surface area contributed by atoms with E-state index in [1.165, 1.54) is 6.21 Å². The van der Waals surface area contributed by atoms with Crippen molar-refractivity contribution in [1.82, 2.24) is 15.4 Å². The van der Waals surface area contributed by atoms with Crippen LogP contribution in [0.2, 0.25) is 15.2 Å². The van der Waals surface area contributed by atoms with Crippen LogP contribution in [-0.2, 0) is 5.75 Å². The summed E-state index contributed by atoms with van der Waals surface area (Å²) in [5.41, 5.74) is 9.59. The van der Waals surface area contributed by atoms with Crippen molar-refractivity contribution in [3.05, 3.63) is 74.6 Å². The van der Waals surface area contributed by atoms with Gasteiger partial charge < -0.3 is 10.5 Å². The van der Waals surface area contributed by atoms with E-state index in [4.69, 9.17) is 45.3 Å². The van der Waals surface area contributed by atoms with Crippen LogP contribution in [0.25, 0.3) is 0 Å². The normalized spacial score (nSPS) is 11.0. The molecule has 0 spiro atoms. The molecule has 3 rings (SSSR count). The number of halogens is 3. The number of anilines is 1. The molecule has 0 atom stereocenters. The van der Waals surface area contributed by atoms with Crippen molar-refractivity contribution >= 4 is 64.4 Å². The number of hydrazone groups is 1. The average Bonchev–Trinajstić information content (AvgIpc) is 2.79. The predicted molar refractivity (Wildman–Crippen MR) is 126 cm³/mol. The van der Waals surface area contributed by atoms with Crippen molar-refractivity contribution in [2.75, 3.05) is 12.8 Å². The van der Waals surface area contributed by atoms with Crippen molar-refractivity contribution in [2.45, 2.75) is 10.8 Å². The molecule has 0 saturated carbocycles. The van der Waals surface area contributed by atoms with Gasteiger partial charge in [-0.3, -0.25) is 4.79 Å². The molecule has 7 nitrogen and oxygen atoms in total. The number of methoxy groups -OCH3 is 1. The highest BCUT2D eigenvalue weighted by Crippen LogP contribution is 2.34. The van der Waals surface area contributed by atoms with Crippen molar-refractivity contribution < 1.29 is 9.53 Å². The average molecular weight is 497 g/mol. The maximum absolute atomic E-state index is 12.3. The highest BCUT2D eigenvalue weighted by Gasteiger charge is 2.19. The number of carbonyl (C=O) groups excluding carboxylic acids is 1. The number of nitrogens with zero attached hydrogens (tertiary/aromatic N) is 3. The highest BCUT2D eigenvalue weighted by molar-refractivity contribution is 7.98. The van der Waals surface area contributed by atoms with Crippen LogP contribution >= 0.6 is 46.6 Å². The monoisotopic (exact) mass is 495 g/mol. The fraction of sp³-hybridized carbons (Fsp3) is 0.100. The summed E-state index contributed by atoms with van der Waals surface area (Å²) in [4.78, 5) is 20.5. The fourth-order valence-electron chi connectivity index (χ4n) is 2.48. The zero-order valence-corrected chi connectivity index (χ0v) is 19.2. The molecular formula is C20H16Cl3N5O2S. The van der Waals surface area contributed by atoms with Crippen LogP contribution in [-0.4, -0.2) is 29.2 Å². The number of nitrogens with two attached hydrogens (primary N) is 1. The zero-order valence-electron chi connectivity index (χ0n) is 16.1. The van der Waals surface area contributed by atoms with Gasteiger partial charge in [0, 0.05) is 17.5 Å². The fourth-order valence-corrected chi connectivity index (χ4v) is 3.91. The van der Waals surface area contributed by atoms with E-state index in [9.17, 15) is 4.79 Å². The number of rotatable bonds is 7. The molecule has 160 valence electrons. The van der Waals surface area contributed by atoms with Gasteiger partial charge in [-0.05, 0) is 35.9 Å². The molecule has 3 aromatic rings. The number of pyridine rings is 2. The Kier molecular flexibility index (Phi) is 7.97. The number of hydrogen-bond donors (Lipinski definition) is 2. The third-order valence-corrected chi connectivity index (χ3v) is 6.11. The summed E-state index contributed by atoms with van der Waals surface area (Å²) in [6.07, 6.45) is 3.23. The Morgan fingerprint density at radius 2 is 2.06 bits per heavy atom. The van der Waals surface area contributed by atoms with Gasteiger partial charge in [-0.2, -0.15) is 5.10 Å². The topological polar surface area (TPSA) is 102 Å². The standard InChI is InChI=1S/C20H16Cl3N5O2S/c1-30-13-6-5-11(8-12(13)10-31-14-4-2-3-7-25-14)9-26-28-20(29)18-15(21)17(24)16(22)19(23)27-18/h2-9H,10H2,1H3,(H2,24,27)(H,28,29)/b26-9-. The summed E-state index contributed by atoms with van der Waals surface area (Å²) in [5, 5.41) is 4.63. The van der Waals surface area contributed by atoms with E-state index in [1.54, 1.807) is 25.1 Å². The van der Waals surface area contributed by atoms with E-state index in [-0.39, 0.29) is 26.6 Å². The lowest BCUT2D eigenvalue weighted by molar-refractivity contribution is 0.0950. The predicted octanol–water partition coefficient (Wildman–Crippen LogP) is 5.08. The molecule has 0 bridgehead atoms. The molecule has 3 N–H and O–H groups in total. The minimum Gasteiger partial charge on any atom is -0.496 e. The SMILES string of the molecule is COc1ccc(/C=N\NC(=O)c2nc(Cl)c(Cl)c(N)c2Cl)cc1CSc1ccccn1. The van der Waals surface area contributed by atoms with Crippen LogP contribution in [0, 0.1) is 0 Å². The Labute approximate surface area is 198 Å². The van der Waals surface area contributed by atoms with Crippen LogP contribution < -0.4 is 15.9 Å². The first-order valence-corrected chi connectivity index (χ1v) is 10.9. The lowest BCUT2D eigenvalue weighted by atomic mass is 10.1. The summed E-state index contributed by atoms with van der Waals surface area (Å²) in [5.74, 6) is 0.717. The first-order chi connectivity index (χ1) is 14.9. The van der Waals surface area contributed by atoms with E-state index in [1.807, 2.05) is 36.4 Å². The largest absolute Gasteiger partial charge is 0.496 e. The molecule has 2 aromatic heterocycles. The lowest BCUT2D eigenvalue weighted by Gasteiger charge is -2.09. The van der Waals surface area contributed by atoms with Crippen LogP contribution in [0.15, 0.2) is 52.7 Å². The van der Waals surface area contributed by atoms with Crippen LogP contribution in [0.5, 0.6) is 5.75 Å². The summed E-state index contributed by atoms with van der Waals surface area (Å²) < 4.78 is 5.43. The number of ether oxygens (including phenoxy) is 1. The molecule has 0 aliphatic carbocycles. The second kappa shape index (κ2) is 10.7. The second-order valence-corrected chi connectivity index (χ2v) is 8.13. The molecular weight excluding hydrogens is 481 g/mol. The zero-order chi connectivity index (χ0) is 22.4. The summed E-state index contributed by atoms with van der Waals surface area (Å²) in [7, 11) is 1.61. The van der Waals surface area contributed by atoms with Gasteiger partial charge in [0.25, 0.3) is 5.91 Å². The van der Waals surface area contributed by atoms with E-state index < -0.39 is 5.91 Å². The molecule has 2 heterocycles. The van der Waals surface area contributed by atoms with Gasteiger partial charge in [-0.1, -0.05) is 40.9 Å². The first kappa shape index (κ1) is 23.1. The third-order valence-electron chi connectivity index (χ3n) is 3.98. The minimum atomic E-state index is -0.675. The maximum atomic E-state index is 12.3. The molecule has 0 aliphatic heterocycles. The Balaban J connectivity index is 1.71. The van der Waals surface area contributed by atoms with Crippen molar-refractivity contribution in [1.29, 1.82) is 0 Å². The molecule has 11 heteroatoms. The van der Waals surface area contributed by atoms with Crippen LogP contribution in [0.4, 0.5) is 5.69 Å². The number of nitrogen functional groups attached to an aromatic ring is 1. The van der Waals surface area contributed by atoms with Gasteiger partial charge in [-0.15, -0.1) is 11.8 Å². The van der Waals surface area contributed by atoms with E-state index in [0.29, 0.717) is 5.75 Å². The molecule has 1 aromatic carbocycles. The first-order valence-electron chi connectivity index (χ1n) is 8.74. The molecule has 0 saturated heterocycles. The summed E-state index contributed by atoms with van der Waals surface area (Å²) in [6, 6.07) is 11.3. The number of carbonyl (C=O) groups is 1. The highest BCUT2D eigenvalue weighted by atomic mass is 35.5. The third kappa shape index (κ3) is 5.80. The number of thioether (sulfide) groups is 1. The Bertz CT molecular complexity index is 1130. The Morgan fingerprint density at radius 3 is 2.77 bits per heavy atom. The minimum absolute atomic E-state index is 0.0129. The van der Waals surface area contributed by atoms with Gasteiger partial charge in [0.15, 0.2) is 10.8 Å². The number of aromatic nitrogens is 2. The molecule has 0 radical (unpaired) electrons. The smallest absolute Gasteiger partial charge is 0.291 e. The number of hydrogen-bond acceptors (Lipinski definition) is 7. The number of benzene rings is 1. The lowest BCUT2D eigenvalue weighted by Crippen LogP contribution is -2.20. The molecule has 31 heavy (non-hydrogen) atoms. The van der Waals surface area contributed by atoms with Gasteiger partial charge >= 0.3 is 0 Å². The maximum Gasteiger partial charge on any atom is 0.291 e. The van der Waals surface area contributed by atoms with Crippen molar-refractivity contribution in [3.63, 3.8) is 0 Å². The second-order valence-electron chi connectivity index (χ2n) is 6.02. The molecule has 0 unspecified atom stereocenters. The Hall–Kier alpha value is -2.52. The number of amides is 1.